The summed E-state index contributed by atoms with van der Waals surface area (Å²) in [4.78, 5) is 0. The molecule has 108 valence electrons. The maximum absolute atomic E-state index is 6.16. The van der Waals surface area contributed by atoms with Crippen molar-refractivity contribution >= 4 is 0 Å². The van der Waals surface area contributed by atoms with Crippen molar-refractivity contribution in [1.29, 1.82) is 0 Å². The Balaban J connectivity index is 1.98. The number of hydrogen-bond acceptors (Lipinski definition) is 1. The molecule has 1 heteroatoms. The van der Waals surface area contributed by atoms with Crippen LogP contribution in [0.15, 0.2) is 72.8 Å². The van der Waals surface area contributed by atoms with Crippen molar-refractivity contribution in [2.75, 3.05) is 6.61 Å². The second-order valence-electron chi connectivity index (χ2n) is 5.73. The lowest BCUT2D eigenvalue weighted by Crippen LogP contribution is -2.40. The van der Waals surface area contributed by atoms with Gasteiger partial charge in [-0.2, -0.15) is 0 Å². The summed E-state index contributed by atoms with van der Waals surface area (Å²) in [5.74, 6) is 0. The minimum absolute atomic E-state index is 0.0133. The van der Waals surface area contributed by atoms with E-state index in [0.29, 0.717) is 0 Å². The molecule has 1 aliphatic rings. The molecule has 1 unspecified atom stereocenters. The van der Waals surface area contributed by atoms with Crippen LogP contribution in [-0.4, -0.2) is 12.7 Å². The standard InChI is InChI=1S/C20H22O/c1-2-9-19-14-15-20(16-21-19,17-10-5-3-6-11-17)18-12-7-4-8-13-18/h2-13,19H,14-16H2,1H3/b9-2+. The number of benzene rings is 2. The van der Waals surface area contributed by atoms with E-state index in [-0.39, 0.29) is 11.5 Å². The first-order chi connectivity index (χ1) is 10.3. The summed E-state index contributed by atoms with van der Waals surface area (Å²) in [5.41, 5.74) is 2.70. The Labute approximate surface area is 127 Å². The molecule has 0 saturated carbocycles. The van der Waals surface area contributed by atoms with Crippen molar-refractivity contribution in [3.63, 3.8) is 0 Å². The molecule has 1 atom stereocenters. The molecule has 0 aliphatic carbocycles. The molecule has 2 aromatic carbocycles. The summed E-state index contributed by atoms with van der Waals surface area (Å²) in [6.45, 7) is 2.80. The van der Waals surface area contributed by atoms with Crippen molar-refractivity contribution in [3.05, 3.63) is 83.9 Å². The molecule has 1 nitrogen and oxygen atoms in total. The summed E-state index contributed by atoms with van der Waals surface area (Å²) in [7, 11) is 0. The van der Waals surface area contributed by atoms with Gasteiger partial charge in [0, 0.05) is 5.41 Å². The van der Waals surface area contributed by atoms with Crippen LogP contribution in [0.2, 0.25) is 0 Å². The van der Waals surface area contributed by atoms with Crippen LogP contribution in [0.25, 0.3) is 0 Å². The fraction of sp³-hybridized carbons (Fsp3) is 0.300. The minimum atomic E-state index is -0.0133. The second kappa shape index (κ2) is 6.28. The quantitative estimate of drug-likeness (QED) is 0.738. The molecule has 3 rings (SSSR count). The molecule has 0 aromatic heterocycles. The Morgan fingerprint density at radius 1 is 0.952 bits per heavy atom. The van der Waals surface area contributed by atoms with E-state index in [2.05, 4.69) is 79.7 Å². The van der Waals surface area contributed by atoms with Gasteiger partial charge in [0.25, 0.3) is 0 Å². The van der Waals surface area contributed by atoms with Gasteiger partial charge in [0.05, 0.1) is 12.7 Å². The zero-order chi connectivity index (χ0) is 14.5. The van der Waals surface area contributed by atoms with Crippen molar-refractivity contribution in [3.8, 4) is 0 Å². The van der Waals surface area contributed by atoms with Gasteiger partial charge in [-0.1, -0.05) is 72.8 Å². The van der Waals surface area contributed by atoms with E-state index >= 15 is 0 Å². The van der Waals surface area contributed by atoms with Gasteiger partial charge in [0.15, 0.2) is 0 Å². The Bertz CT molecular complexity index is 536. The first-order valence-corrected chi connectivity index (χ1v) is 7.71. The fourth-order valence-corrected chi connectivity index (χ4v) is 3.30. The van der Waals surface area contributed by atoms with E-state index in [4.69, 9.17) is 4.74 Å². The third-order valence-electron chi connectivity index (χ3n) is 4.46. The van der Waals surface area contributed by atoms with E-state index in [1.807, 2.05) is 0 Å². The van der Waals surface area contributed by atoms with E-state index in [0.717, 1.165) is 19.4 Å². The van der Waals surface area contributed by atoms with Crippen LogP contribution in [0.3, 0.4) is 0 Å². The zero-order valence-corrected chi connectivity index (χ0v) is 12.5. The van der Waals surface area contributed by atoms with Gasteiger partial charge in [-0.25, -0.2) is 0 Å². The molecule has 0 spiro atoms. The van der Waals surface area contributed by atoms with Crippen molar-refractivity contribution < 1.29 is 4.74 Å². The van der Waals surface area contributed by atoms with E-state index in [1.54, 1.807) is 0 Å². The summed E-state index contributed by atoms with van der Waals surface area (Å²) >= 11 is 0. The third kappa shape index (κ3) is 2.79. The average molecular weight is 278 g/mol. The van der Waals surface area contributed by atoms with Crippen LogP contribution < -0.4 is 0 Å². The minimum Gasteiger partial charge on any atom is -0.373 e. The Morgan fingerprint density at radius 2 is 1.52 bits per heavy atom. The highest BCUT2D eigenvalue weighted by molar-refractivity contribution is 5.40. The normalized spacial score (nSPS) is 21.5. The van der Waals surface area contributed by atoms with Crippen molar-refractivity contribution in [2.24, 2.45) is 0 Å². The SMILES string of the molecule is C/C=C/C1CCC(c2ccccc2)(c2ccccc2)CO1. The Morgan fingerprint density at radius 3 is 1.95 bits per heavy atom. The van der Waals surface area contributed by atoms with Gasteiger partial charge in [0.1, 0.15) is 0 Å². The lowest BCUT2D eigenvalue weighted by atomic mass is 9.70. The van der Waals surface area contributed by atoms with Gasteiger partial charge >= 0.3 is 0 Å². The molecule has 0 amide bonds. The predicted octanol–water partition coefficient (Wildman–Crippen LogP) is 4.73. The molecule has 0 radical (unpaired) electrons. The van der Waals surface area contributed by atoms with Gasteiger partial charge in [0.2, 0.25) is 0 Å². The third-order valence-corrected chi connectivity index (χ3v) is 4.46. The van der Waals surface area contributed by atoms with Gasteiger partial charge < -0.3 is 4.74 Å². The monoisotopic (exact) mass is 278 g/mol. The number of hydrogen-bond donors (Lipinski definition) is 0. The molecule has 21 heavy (non-hydrogen) atoms. The average Bonchev–Trinajstić information content (AvgIpc) is 2.58. The highest BCUT2D eigenvalue weighted by Crippen LogP contribution is 2.41. The zero-order valence-electron chi connectivity index (χ0n) is 12.5. The smallest absolute Gasteiger partial charge is 0.0756 e. The first-order valence-electron chi connectivity index (χ1n) is 7.71. The maximum atomic E-state index is 6.16. The van der Waals surface area contributed by atoms with Gasteiger partial charge in [-0.15, -0.1) is 0 Å². The molecule has 2 aromatic rings. The molecule has 1 heterocycles. The maximum Gasteiger partial charge on any atom is 0.0756 e. The highest BCUT2D eigenvalue weighted by atomic mass is 16.5. The highest BCUT2D eigenvalue weighted by Gasteiger charge is 2.38. The summed E-state index contributed by atoms with van der Waals surface area (Å²) in [6.07, 6.45) is 6.70. The van der Waals surface area contributed by atoms with Gasteiger partial charge in [-0.05, 0) is 30.9 Å². The fourth-order valence-electron chi connectivity index (χ4n) is 3.30. The molecule has 1 fully saturated rings. The van der Waals surface area contributed by atoms with E-state index < -0.39 is 0 Å². The molecule has 1 saturated heterocycles. The molecule has 0 N–H and O–H groups in total. The van der Waals surface area contributed by atoms with Crippen LogP contribution >= 0.6 is 0 Å². The summed E-state index contributed by atoms with van der Waals surface area (Å²) < 4.78 is 6.16. The number of rotatable bonds is 3. The molecule has 1 aliphatic heterocycles. The molecule has 0 bridgehead atoms. The van der Waals surface area contributed by atoms with E-state index in [1.165, 1.54) is 11.1 Å². The topological polar surface area (TPSA) is 9.23 Å². The summed E-state index contributed by atoms with van der Waals surface area (Å²) in [5, 5.41) is 0. The second-order valence-corrected chi connectivity index (χ2v) is 5.73. The Kier molecular flexibility index (Phi) is 4.21. The Hall–Kier alpha value is -1.86. The largest absolute Gasteiger partial charge is 0.373 e. The summed E-state index contributed by atoms with van der Waals surface area (Å²) in [6, 6.07) is 21.6. The molecular weight excluding hydrogens is 256 g/mol. The van der Waals surface area contributed by atoms with Crippen molar-refractivity contribution in [1.82, 2.24) is 0 Å². The van der Waals surface area contributed by atoms with E-state index in [9.17, 15) is 0 Å². The van der Waals surface area contributed by atoms with Crippen LogP contribution in [0.4, 0.5) is 0 Å². The number of ether oxygens (including phenoxy) is 1. The van der Waals surface area contributed by atoms with Crippen LogP contribution in [-0.2, 0) is 10.2 Å². The lowest BCUT2D eigenvalue weighted by Gasteiger charge is -2.40. The molecular formula is C20H22O. The number of allylic oxidation sites excluding steroid dienone is 1. The predicted molar refractivity (Wildman–Crippen MR) is 87.5 cm³/mol. The van der Waals surface area contributed by atoms with Gasteiger partial charge in [-0.3, -0.25) is 0 Å². The van der Waals surface area contributed by atoms with Crippen LogP contribution in [0.1, 0.15) is 30.9 Å². The van der Waals surface area contributed by atoms with Crippen molar-refractivity contribution in [2.45, 2.75) is 31.3 Å². The first kappa shape index (κ1) is 14.1. The lowest BCUT2D eigenvalue weighted by molar-refractivity contribution is 0.00724. The van der Waals surface area contributed by atoms with Crippen LogP contribution in [0.5, 0.6) is 0 Å². The van der Waals surface area contributed by atoms with Crippen LogP contribution in [0, 0.1) is 0 Å².